The van der Waals surface area contributed by atoms with E-state index in [2.05, 4.69) is 53.3 Å². The zero-order valence-electron chi connectivity index (χ0n) is 14.9. The minimum Gasteiger partial charge on any atom is -0.360 e. The van der Waals surface area contributed by atoms with E-state index in [1.807, 2.05) is 0 Å². The Morgan fingerprint density at radius 3 is 2.92 bits per heavy atom. The molecule has 2 atom stereocenters. The van der Waals surface area contributed by atoms with Crippen LogP contribution in [0.2, 0.25) is 0 Å². The van der Waals surface area contributed by atoms with Crippen molar-refractivity contribution in [3.8, 4) is 0 Å². The third-order valence-electron chi connectivity index (χ3n) is 5.49. The number of amidine groups is 1. The molecule has 24 heavy (non-hydrogen) atoms. The number of H-pyrrole nitrogens is 1. The fourth-order valence-corrected chi connectivity index (χ4v) is 3.85. The molecule has 5 heteroatoms. The summed E-state index contributed by atoms with van der Waals surface area (Å²) in [5.41, 5.74) is 6.33. The van der Waals surface area contributed by atoms with Crippen molar-refractivity contribution in [3.05, 3.63) is 40.2 Å². The molecule has 5 nitrogen and oxygen atoms in total. The highest BCUT2D eigenvalue weighted by Gasteiger charge is 2.32. The number of rotatable bonds is 4. The predicted molar refractivity (Wildman–Crippen MR) is 97.2 cm³/mol. The van der Waals surface area contributed by atoms with Crippen LogP contribution in [0, 0.1) is 0 Å². The number of hydrogen-bond donors (Lipinski definition) is 2. The largest absolute Gasteiger partial charge is 0.360 e. The number of aromatic nitrogens is 2. The van der Waals surface area contributed by atoms with Crippen molar-refractivity contribution < 1.29 is 0 Å². The molecule has 2 unspecified atom stereocenters. The van der Waals surface area contributed by atoms with Gasteiger partial charge in [0, 0.05) is 18.7 Å². The molecule has 0 saturated heterocycles. The highest BCUT2D eigenvalue weighted by atomic mass is 15.2. The normalized spacial score (nSPS) is 26.2. The Morgan fingerprint density at radius 1 is 1.25 bits per heavy atom. The zero-order valence-corrected chi connectivity index (χ0v) is 14.9. The van der Waals surface area contributed by atoms with Gasteiger partial charge in [-0.15, -0.1) is 0 Å². The van der Waals surface area contributed by atoms with Crippen LogP contribution >= 0.6 is 0 Å². The first-order chi connectivity index (χ1) is 11.7. The molecule has 3 aliphatic rings. The van der Waals surface area contributed by atoms with Crippen molar-refractivity contribution >= 4 is 5.84 Å². The Balaban J connectivity index is 1.54. The number of hydrogen-bond acceptors (Lipinski definition) is 4. The Hall–Kier alpha value is -1.88. The van der Waals surface area contributed by atoms with Crippen LogP contribution in [-0.4, -0.2) is 46.1 Å². The molecule has 0 spiro atoms. The number of nitrogens with one attached hydrogen (secondary N) is 2. The standard InChI is InChI=1S/C19H27N5/c1-4-5-7-24-8-6-14-17(11-24)22-23-18(14)19-20-15-9-12(2)13(3)10-16(15)21-19/h9-10,15-16H,4-8,11H2,1-3H3,(H,20,21)(H,22,23). The van der Waals surface area contributed by atoms with E-state index in [0.717, 1.165) is 31.0 Å². The van der Waals surface area contributed by atoms with Gasteiger partial charge in [0.15, 0.2) is 5.84 Å². The summed E-state index contributed by atoms with van der Waals surface area (Å²) in [6, 6.07) is 0.487. The molecule has 1 aliphatic carbocycles. The van der Waals surface area contributed by atoms with Crippen molar-refractivity contribution in [1.82, 2.24) is 20.4 Å². The van der Waals surface area contributed by atoms with Gasteiger partial charge in [0.05, 0.1) is 17.8 Å². The van der Waals surface area contributed by atoms with Gasteiger partial charge in [-0.25, -0.2) is 0 Å². The summed E-state index contributed by atoms with van der Waals surface area (Å²) in [5, 5.41) is 11.4. The summed E-state index contributed by atoms with van der Waals surface area (Å²) in [7, 11) is 0. The Kier molecular flexibility index (Phi) is 4.04. The molecular formula is C19H27N5. The monoisotopic (exact) mass is 325 g/mol. The molecule has 0 saturated carbocycles. The molecule has 1 aromatic heterocycles. The Labute approximate surface area is 143 Å². The Bertz CT molecular complexity index is 724. The lowest BCUT2D eigenvalue weighted by Crippen LogP contribution is -2.35. The van der Waals surface area contributed by atoms with Crippen LogP contribution < -0.4 is 5.32 Å². The number of unbranched alkanes of at least 4 members (excludes halogenated alkanes) is 1. The van der Waals surface area contributed by atoms with Crippen LogP contribution in [0.1, 0.15) is 50.6 Å². The molecule has 0 fully saturated rings. The van der Waals surface area contributed by atoms with E-state index in [-0.39, 0.29) is 12.1 Å². The van der Waals surface area contributed by atoms with Crippen LogP contribution in [0.3, 0.4) is 0 Å². The lowest BCUT2D eigenvalue weighted by molar-refractivity contribution is 0.247. The van der Waals surface area contributed by atoms with Crippen molar-refractivity contribution in [2.75, 3.05) is 13.1 Å². The molecular weight excluding hydrogens is 298 g/mol. The average molecular weight is 325 g/mol. The van der Waals surface area contributed by atoms with E-state index < -0.39 is 0 Å². The van der Waals surface area contributed by atoms with Gasteiger partial charge in [-0.05, 0) is 33.2 Å². The topological polar surface area (TPSA) is 56.3 Å². The predicted octanol–water partition coefficient (Wildman–Crippen LogP) is 2.56. The van der Waals surface area contributed by atoms with E-state index in [4.69, 9.17) is 4.99 Å². The summed E-state index contributed by atoms with van der Waals surface area (Å²) in [6.07, 6.45) is 8.14. The Morgan fingerprint density at radius 2 is 2.08 bits per heavy atom. The lowest BCUT2D eigenvalue weighted by atomic mass is 9.94. The molecule has 0 radical (unpaired) electrons. The minimum absolute atomic E-state index is 0.209. The maximum Gasteiger partial charge on any atom is 0.150 e. The fraction of sp³-hybridized carbons (Fsp3) is 0.579. The van der Waals surface area contributed by atoms with Gasteiger partial charge >= 0.3 is 0 Å². The van der Waals surface area contributed by atoms with E-state index >= 15 is 0 Å². The SMILES string of the molecule is CCCCN1CCc2c(C3=NC4C=C(C)C(C)=CC4N3)n[nH]c2C1. The van der Waals surface area contributed by atoms with E-state index in [9.17, 15) is 0 Å². The third-order valence-corrected chi connectivity index (χ3v) is 5.49. The van der Waals surface area contributed by atoms with Crippen molar-refractivity contribution in [1.29, 1.82) is 0 Å². The maximum absolute atomic E-state index is 4.90. The zero-order chi connectivity index (χ0) is 16.7. The molecule has 128 valence electrons. The number of allylic oxidation sites excluding steroid dienone is 2. The average Bonchev–Trinajstić information content (AvgIpc) is 3.16. The number of aliphatic imine (C=N–C) groups is 1. The van der Waals surface area contributed by atoms with Crippen molar-refractivity contribution in [2.45, 2.75) is 58.7 Å². The summed E-state index contributed by atoms with van der Waals surface area (Å²) < 4.78 is 0. The van der Waals surface area contributed by atoms with Crippen LogP contribution in [0.25, 0.3) is 0 Å². The highest BCUT2D eigenvalue weighted by Crippen LogP contribution is 2.27. The first-order valence-corrected chi connectivity index (χ1v) is 9.16. The third kappa shape index (κ3) is 2.71. The molecule has 2 N–H and O–H groups in total. The molecule has 1 aromatic rings. The van der Waals surface area contributed by atoms with Crippen molar-refractivity contribution in [2.24, 2.45) is 4.99 Å². The second-order valence-corrected chi connectivity index (χ2v) is 7.25. The van der Waals surface area contributed by atoms with Gasteiger partial charge in [0.25, 0.3) is 0 Å². The van der Waals surface area contributed by atoms with Gasteiger partial charge < -0.3 is 5.32 Å². The highest BCUT2D eigenvalue weighted by molar-refractivity contribution is 6.00. The van der Waals surface area contributed by atoms with E-state index in [0.29, 0.717) is 0 Å². The summed E-state index contributed by atoms with van der Waals surface area (Å²) >= 11 is 0. The van der Waals surface area contributed by atoms with Gasteiger partial charge in [0.1, 0.15) is 5.69 Å². The fourth-order valence-electron chi connectivity index (χ4n) is 3.85. The quantitative estimate of drug-likeness (QED) is 0.894. The van der Waals surface area contributed by atoms with Gasteiger partial charge in [-0.3, -0.25) is 15.0 Å². The second-order valence-electron chi connectivity index (χ2n) is 7.25. The van der Waals surface area contributed by atoms with Gasteiger partial charge in [0.2, 0.25) is 0 Å². The summed E-state index contributed by atoms with van der Waals surface area (Å²) in [5.74, 6) is 0.958. The van der Waals surface area contributed by atoms with Crippen LogP contribution in [-0.2, 0) is 13.0 Å². The van der Waals surface area contributed by atoms with Crippen LogP contribution in [0.4, 0.5) is 0 Å². The first kappa shape index (κ1) is 15.6. The minimum atomic E-state index is 0.209. The van der Waals surface area contributed by atoms with E-state index in [1.54, 1.807) is 0 Å². The maximum atomic E-state index is 4.90. The van der Waals surface area contributed by atoms with E-state index in [1.165, 1.54) is 41.8 Å². The first-order valence-electron chi connectivity index (χ1n) is 9.16. The molecule has 2 aliphatic heterocycles. The second kappa shape index (κ2) is 6.20. The molecule has 0 aromatic carbocycles. The molecule has 4 rings (SSSR count). The molecule has 3 heterocycles. The van der Waals surface area contributed by atoms with Crippen LogP contribution in [0.5, 0.6) is 0 Å². The number of fused-ring (bicyclic) bond motifs is 2. The number of aromatic amines is 1. The molecule has 0 bridgehead atoms. The molecule has 0 amide bonds. The van der Waals surface area contributed by atoms with Crippen molar-refractivity contribution in [3.63, 3.8) is 0 Å². The van der Waals surface area contributed by atoms with Gasteiger partial charge in [-0.1, -0.05) is 36.6 Å². The summed E-state index contributed by atoms with van der Waals surface area (Å²) in [4.78, 5) is 7.43. The number of nitrogens with zero attached hydrogens (tertiary/aromatic N) is 3. The lowest BCUT2D eigenvalue weighted by Gasteiger charge is -2.26. The van der Waals surface area contributed by atoms with Gasteiger partial charge in [-0.2, -0.15) is 5.10 Å². The summed E-state index contributed by atoms with van der Waals surface area (Å²) in [6.45, 7) is 9.87. The van der Waals surface area contributed by atoms with Crippen LogP contribution in [0.15, 0.2) is 28.3 Å². The smallest absolute Gasteiger partial charge is 0.150 e.